The highest BCUT2D eigenvalue weighted by Crippen LogP contribution is 2.35. The molecule has 5 heteroatoms. The first-order chi connectivity index (χ1) is 8.32. The molecule has 2 heterocycles. The van der Waals surface area contributed by atoms with Gasteiger partial charge in [-0.1, -0.05) is 0 Å². The molecule has 2 saturated heterocycles. The van der Waals surface area contributed by atoms with Crippen molar-refractivity contribution in [3.8, 4) is 0 Å². The standard InChI is InChI=1S/C13H22O5/c1-9-11(14)13(4,18-12(2,3)17-9)6-5-10-15-7-8-16-10/h9-10H,5-8H2,1-4H3/t9-,13+/m1/s1. The lowest BCUT2D eigenvalue weighted by Crippen LogP contribution is -2.57. The van der Waals surface area contributed by atoms with Crippen LogP contribution in [-0.2, 0) is 23.7 Å². The summed E-state index contributed by atoms with van der Waals surface area (Å²) in [6.07, 6.45) is 0.585. The maximum absolute atomic E-state index is 12.2. The minimum Gasteiger partial charge on any atom is -0.350 e. The summed E-state index contributed by atoms with van der Waals surface area (Å²) >= 11 is 0. The molecule has 2 fully saturated rings. The molecule has 0 saturated carbocycles. The van der Waals surface area contributed by atoms with Crippen LogP contribution in [0.25, 0.3) is 0 Å². The fourth-order valence-corrected chi connectivity index (χ4v) is 2.67. The largest absolute Gasteiger partial charge is 0.350 e. The molecule has 0 aliphatic carbocycles. The summed E-state index contributed by atoms with van der Waals surface area (Å²) in [7, 11) is 0. The van der Waals surface area contributed by atoms with Gasteiger partial charge in [0.1, 0.15) is 11.7 Å². The van der Waals surface area contributed by atoms with E-state index >= 15 is 0 Å². The summed E-state index contributed by atoms with van der Waals surface area (Å²) in [5, 5.41) is 0. The quantitative estimate of drug-likeness (QED) is 0.770. The Morgan fingerprint density at radius 2 is 1.83 bits per heavy atom. The predicted molar refractivity (Wildman–Crippen MR) is 64.0 cm³/mol. The lowest BCUT2D eigenvalue weighted by Gasteiger charge is -2.44. The van der Waals surface area contributed by atoms with Crippen molar-refractivity contribution in [2.75, 3.05) is 13.2 Å². The Bertz CT molecular complexity index is 321. The Hall–Kier alpha value is -0.490. The molecule has 0 aromatic heterocycles. The van der Waals surface area contributed by atoms with Crippen molar-refractivity contribution in [2.45, 2.75) is 64.3 Å². The van der Waals surface area contributed by atoms with Crippen LogP contribution in [0, 0.1) is 0 Å². The normalized spacial score (nSPS) is 37.1. The fraction of sp³-hybridized carbons (Fsp3) is 0.923. The number of hydrogen-bond donors (Lipinski definition) is 0. The molecule has 2 aliphatic rings. The second-order valence-corrected chi connectivity index (χ2v) is 5.57. The number of ether oxygens (including phenoxy) is 4. The van der Waals surface area contributed by atoms with E-state index in [4.69, 9.17) is 18.9 Å². The third kappa shape index (κ3) is 2.91. The van der Waals surface area contributed by atoms with Crippen LogP contribution in [0.2, 0.25) is 0 Å². The molecule has 0 spiro atoms. The van der Waals surface area contributed by atoms with E-state index in [1.807, 2.05) is 20.8 Å². The number of Topliss-reactive ketones (excluding diaryl/α,β-unsaturated/α-hetero) is 1. The van der Waals surface area contributed by atoms with Crippen molar-refractivity contribution in [2.24, 2.45) is 0 Å². The van der Waals surface area contributed by atoms with Gasteiger partial charge in [-0.25, -0.2) is 0 Å². The van der Waals surface area contributed by atoms with E-state index in [0.717, 1.165) is 0 Å². The topological polar surface area (TPSA) is 54.0 Å². The lowest BCUT2D eigenvalue weighted by molar-refractivity contribution is -0.303. The van der Waals surface area contributed by atoms with Crippen LogP contribution in [0.15, 0.2) is 0 Å². The molecule has 0 aromatic rings. The molecule has 0 bridgehead atoms. The van der Waals surface area contributed by atoms with Crippen molar-refractivity contribution in [3.63, 3.8) is 0 Å². The van der Waals surface area contributed by atoms with E-state index < -0.39 is 17.5 Å². The molecular weight excluding hydrogens is 236 g/mol. The number of carbonyl (C=O) groups excluding carboxylic acids is 1. The molecule has 0 N–H and O–H groups in total. The monoisotopic (exact) mass is 258 g/mol. The summed E-state index contributed by atoms with van der Waals surface area (Å²) in [5.41, 5.74) is -0.823. The van der Waals surface area contributed by atoms with Gasteiger partial charge in [0.25, 0.3) is 0 Å². The summed E-state index contributed by atoms with van der Waals surface area (Å²) < 4.78 is 22.1. The van der Waals surface area contributed by atoms with Gasteiger partial charge in [-0.15, -0.1) is 0 Å². The average molecular weight is 258 g/mol. The molecule has 5 nitrogen and oxygen atoms in total. The number of ketones is 1. The number of carbonyl (C=O) groups is 1. The van der Waals surface area contributed by atoms with Crippen LogP contribution in [0.3, 0.4) is 0 Å². The van der Waals surface area contributed by atoms with Crippen LogP contribution in [0.1, 0.15) is 40.5 Å². The zero-order chi connectivity index (χ0) is 13.4. The van der Waals surface area contributed by atoms with Crippen molar-refractivity contribution >= 4 is 5.78 Å². The van der Waals surface area contributed by atoms with Crippen LogP contribution < -0.4 is 0 Å². The van der Waals surface area contributed by atoms with Gasteiger partial charge in [0.2, 0.25) is 0 Å². The molecule has 0 amide bonds. The second-order valence-electron chi connectivity index (χ2n) is 5.57. The molecule has 2 rings (SSSR count). The van der Waals surface area contributed by atoms with Gasteiger partial charge in [-0.3, -0.25) is 4.79 Å². The van der Waals surface area contributed by atoms with E-state index in [9.17, 15) is 4.79 Å². The molecular formula is C13H22O5. The van der Waals surface area contributed by atoms with Gasteiger partial charge >= 0.3 is 0 Å². The highest BCUT2D eigenvalue weighted by Gasteiger charge is 2.48. The fourth-order valence-electron chi connectivity index (χ4n) is 2.67. The highest BCUT2D eigenvalue weighted by atomic mass is 16.7. The van der Waals surface area contributed by atoms with E-state index in [1.54, 1.807) is 6.92 Å². The van der Waals surface area contributed by atoms with Crippen molar-refractivity contribution in [1.29, 1.82) is 0 Å². The second kappa shape index (κ2) is 4.89. The van der Waals surface area contributed by atoms with E-state index in [0.29, 0.717) is 26.1 Å². The number of rotatable bonds is 3. The molecule has 0 radical (unpaired) electrons. The Labute approximate surface area is 108 Å². The summed E-state index contributed by atoms with van der Waals surface area (Å²) in [6, 6.07) is 0. The van der Waals surface area contributed by atoms with Gasteiger partial charge in [0.05, 0.1) is 13.2 Å². The smallest absolute Gasteiger partial charge is 0.192 e. The van der Waals surface area contributed by atoms with Crippen molar-refractivity contribution in [1.82, 2.24) is 0 Å². The minimum atomic E-state index is -0.823. The molecule has 2 atom stereocenters. The number of hydrogen-bond acceptors (Lipinski definition) is 5. The Morgan fingerprint density at radius 1 is 1.22 bits per heavy atom. The first-order valence-corrected chi connectivity index (χ1v) is 6.48. The molecule has 104 valence electrons. The van der Waals surface area contributed by atoms with Gasteiger partial charge < -0.3 is 18.9 Å². The lowest BCUT2D eigenvalue weighted by atomic mass is 9.89. The van der Waals surface area contributed by atoms with Gasteiger partial charge in [-0.2, -0.15) is 0 Å². The zero-order valence-corrected chi connectivity index (χ0v) is 11.5. The van der Waals surface area contributed by atoms with Gasteiger partial charge in [0.15, 0.2) is 17.9 Å². The summed E-state index contributed by atoms with van der Waals surface area (Å²) in [5.74, 6) is -0.751. The van der Waals surface area contributed by atoms with Crippen LogP contribution >= 0.6 is 0 Å². The van der Waals surface area contributed by atoms with Gasteiger partial charge in [0, 0.05) is 6.42 Å². The van der Waals surface area contributed by atoms with E-state index in [1.165, 1.54) is 0 Å². The van der Waals surface area contributed by atoms with Gasteiger partial charge in [-0.05, 0) is 34.1 Å². The molecule has 2 aliphatic heterocycles. The van der Waals surface area contributed by atoms with E-state index in [-0.39, 0.29) is 12.1 Å². The van der Waals surface area contributed by atoms with E-state index in [2.05, 4.69) is 0 Å². The summed E-state index contributed by atoms with van der Waals surface area (Å²) in [6.45, 7) is 8.51. The van der Waals surface area contributed by atoms with Crippen LogP contribution in [-0.4, -0.2) is 42.8 Å². The summed E-state index contributed by atoms with van der Waals surface area (Å²) in [4.78, 5) is 12.2. The zero-order valence-electron chi connectivity index (χ0n) is 11.5. The maximum atomic E-state index is 12.2. The SMILES string of the molecule is C[C@H]1OC(C)(C)O[C@@](C)(CCC2OCCO2)C1=O. The van der Waals surface area contributed by atoms with Crippen molar-refractivity contribution in [3.05, 3.63) is 0 Å². The van der Waals surface area contributed by atoms with Crippen LogP contribution in [0.4, 0.5) is 0 Å². The van der Waals surface area contributed by atoms with Crippen molar-refractivity contribution < 1.29 is 23.7 Å². The van der Waals surface area contributed by atoms with Crippen LogP contribution in [0.5, 0.6) is 0 Å². The Kier molecular flexibility index (Phi) is 3.78. The minimum absolute atomic E-state index is 0.0141. The highest BCUT2D eigenvalue weighted by molar-refractivity contribution is 5.91. The molecule has 0 aromatic carbocycles. The first-order valence-electron chi connectivity index (χ1n) is 6.48. The average Bonchev–Trinajstić information content (AvgIpc) is 2.75. The predicted octanol–water partition coefficient (Wildman–Crippen LogP) is 1.64. The maximum Gasteiger partial charge on any atom is 0.192 e. The third-order valence-corrected chi connectivity index (χ3v) is 3.37. The Balaban J connectivity index is 1.99. The molecule has 18 heavy (non-hydrogen) atoms. The Morgan fingerprint density at radius 3 is 2.44 bits per heavy atom. The first kappa shape index (κ1) is 13.9. The third-order valence-electron chi connectivity index (χ3n) is 3.37. The molecule has 0 unspecified atom stereocenters.